The van der Waals surface area contributed by atoms with Crippen LogP contribution in [0.25, 0.3) is 10.9 Å². The summed E-state index contributed by atoms with van der Waals surface area (Å²) in [5.74, 6) is -2.65. The molecule has 1 aliphatic rings. The molecular formula is C14H11ClFKN2O4. The van der Waals surface area contributed by atoms with E-state index < -0.39 is 29.8 Å². The molecule has 0 bridgehead atoms. The van der Waals surface area contributed by atoms with Gasteiger partial charge in [-0.25, -0.2) is 4.39 Å². The fraction of sp³-hybridized carbons (Fsp3) is 0.286. The van der Waals surface area contributed by atoms with Gasteiger partial charge in [0.2, 0.25) is 0 Å². The number of amides is 1. The number of likely N-dealkylation sites (tertiary alicyclic amines) is 1. The first-order chi connectivity index (χ1) is 10.4. The maximum atomic E-state index is 13.4. The summed E-state index contributed by atoms with van der Waals surface area (Å²) >= 11 is 5.84. The maximum Gasteiger partial charge on any atom is 1.00 e. The van der Waals surface area contributed by atoms with Crippen LogP contribution in [0.2, 0.25) is 5.02 Å². The van der Waals surface area contributed by atoms with E-state index in [1.54, 1.807) is 0 Å². The van der Waals surface area contributed by atoms with E-state index in [1.165, 1.54) is 18.2 Å². The minimum absolute atomic E-state index is 0. The fourth-order valence-electron chi connectivity index (χ4n) is 2.67. The van der Waals surface area contributed by atoms with Crippen LogP contribution in [0.1, 0.15) is 16.9 Å². The second-order valence-corrected chi connectivity index (χ2v) is 5.57. The number of aromatic nitrogens is 1. The number of nitrogens with one attached hydrogen (secondary N) is 1. The smallest absolute Gasteiger partial charge is 0.548 e. The standard InChI is InChI=1S/C14H12ClFN2O4.K/c15-12-7-4-10(17-9(7)2-1-8(12)16)13(20)18-5-6(19)3-11(18)14(21)22;/h1-2,4,6,11,17,19H,3,5H2,(H,21,22);/q;+1/p-1/t6-,11+;/m1./s1. The monoisotopic (exact) mass is 364 g/mol. The SMILES string of the molecule is O=C([O-])[C@@H]1C[C@@H](O)CN1C(=O)c1cc2c(Cl)c(F)ccc2[nH]1.[K+]. The summed E-state index contributed by atoms with van der Waals surface area (Å²) in [5, 5.41) is 20.8. The number of rotatable bonds is 2. The van der Waals surface area contributed by atoms with Crippen LogP contribution in [0.5, 0.6) is 0 Å². The average molecular weight is 365 g/mol. The Morgan fingerprint density at radius 3 is 2.78 bits per heavy atom. The number of carboxylic acids is 1. The number of aromatic amines is 1. The van der Waals surface area contributed by atoms with Crippen molar-refractivity contribution in [1.29, 1.82) is 0 Å². The van der Waals surface area contributed by atoms with E-state index in [9.17, 15) is 24.2 Å². The number of carbonyl (C=O) groups is 2. The van der Waals surface area contributed by atoms with Crippen molar-refractivity contribution in [2.75, 3.05) is 6.54 Å². The Hall–Kier alpha value is -0.484. The number of β-amino-alcohol motifs (C(OH)–C–C–N with tert-alkyl or cyclic N) is 1. The summed E-state index contributed by atoms with van der Waals surface area (Å²) in [7, 11) is 0. The second-order valence-electron chi connectivity index (χ2n) is 5.19. The van der Waals surface area contributed by atoms with E-state index in [2.05, 4.69) is 4.98 Å². The van der Waals surface area contributed by atoms with Crippen LogP contribution < -0.4 is 56.5 Å². The van der Waals surface area contributed by atoms with Gasteiger partial charge in [-0.05, 0) is 18.2 Å². The van der Waals surface area contributed by atoms with Crippen molar-refractivity contribution in [3.63, 3.8) is 0 Å². The molecule has 0 aliphatic carbocycles. The molecular weight excluding hydrogens is 354 g/mol. The Balaban J connectivity index is 0.00000192. The Morgan fingerprint density at radius 2 is 2.13 bits per heavy atom. The number of carbonyl (C=O) groups excluding carboxylic acids is 2. The fourth-order valence-corrected chi connectivity index (χ4v) is 2.89. The number of fused-ring (bicyclic) bond motifs is 1. The molecule has 0 saturated carbocycles. The summed E-state index contributed by atoms with van der Waals surface area (Å²) < 4.78 is 13.4. The van der Waals surface area contributed by atoms with E-state index in [1.807, 2.05) is 0 Å². The Labute approximate surface area is 178 Å². The number of aliphatic hydroxyl groups excluding tert-OH is 1. The molecule has 1 aliphatic heterocycles. The van der Waals surface area contributed by atoms with Gasteiger partial charge in [0.15, 0.2) is 0 Å². The van der Waals surface area contributed by atoms with Crippen molar-refractivity contribution in [3.8, 4) is 0 Å². The predicted octanol–water partition coefficient (Wildman–Crippen LogP) is -2.71. The topological polar surface area (TPSA) is 96.5 Å². The summed E-state index contributed by atoms with van der Waals surface area (Å²) in [6, 6.07) is 2.77. The molecule has 0 spiro atoms. The van der Waals surface area contributed by atoms with E-state index in [0.717, 1.165) is 4.90 Å². The molecule has 2 aromatic rings. The van der Waals surface area contributed by atoms with Crippen molar-refractivity contribution in [2.24, 2.45) is 0 Å². The number of aliphatic hydroxyl groups is 1. The molecule has 9 heteroatoms. The number of hydrogen-bond donors (Lipinski definition) is 2. The van der Waals surface area contributed by atoms with Crippen LogP contribution in [-0.2, 0) is 4.79 Å². The Morgan fingerprint density at radius 1 is 1.43 bits per heavy atom. The molecule has 3 rings (SSSR count). The molecule has 1 aromatic carbocycles. The van der Waals surface area contributed by atoms with Crippen molar-refractivity contribution >= 4 is 34.4 Å². The van der Waals surface area contributed by atoms with Gasteiger partial charge in [0.1, 0.15) is 11.5 Å². The van der Waals surface area contributed by atoms with Crippen LogP contribution in [0.15, 0.2) is 18.2 Å². The van der Waals surface area contributed by atoms with Gasteiger partial charge < -0.3 is 24.9 Å². The van der Waals surface area contributed by atoms with Crippen LogP contribution in [0, 0.1) is 5.82 Å². The van der Waals surface area contributed by atoms with Gasteiger partial charge in [0.25, 0.3) is 5.91 Å². The molecule has 23 heavy (non-hydrogen) atoms. The summed E-state index contributed by atoms with van der Waals surface area (Å²) in [6.07, 6.45) is -0.999. The summed E-state index contributed by atoms with van der Waals surface area (Å²) in [6.45, 7) is -0.102. The number of aliphatic carboxylic acids is 1. The average Bonchev–Trinajstić information content (AvgIpc) is 3.06. The number of halogens is 2. The second kappa shape index (κ2) is 7.18. The number of hydrogen-bond acceptors (Lipinski definition) is 4. The van der Waals surface area contributed by atoms with Crippen molar-refractivity contribution in [3.05, 3.63) is 34.7 Å². The molecule has 0 radical (unpaired) electrons. The van der Waals surface area contributed by atoms with Crippen LogP contribution in [0.4, 0.5) is 4.39 Å². The number of carboxylic acid groups (broad SMARTS) is 1. The van der Waals surface area contributed by atoms with Gasteiger partial charge in [0.05, 0.1) is 23.1 Å². The number of benzene rings is 1. The normalized spacial score (nSPS) is 20.6. The summed E-state index contributed by atoms with van der Waals surface area (Å²) in [5.41, 5.74) is 0.530. The quantitative estimate of drug-likeness (QED) is 0.566. The van der Waals surface area contributed by atoms with Gasteiger partial charge in [-0.2, -0.15) is 0 Å². The third-order valence-corrected chi connectivity index (χ3v) is 4.12. The molecule has 2 N–H and O–H groups in total. The zero-order chi connectivity index (χ0) is 16.0. The third-order valence-electron chi connectivity index (χ3n) is 3.73. The van der Waals surface area contributed by atoms with E-state index in [4.69, 9.17) is 11.6 Å². The molecule has 1 saturated heterocycles. The zero-order valence-electron chi connectivity index (χ0n) is 12.2. The zero-order valence-corrected chi connectivity index (χ0v) is 16.1. The maximum absolute atomic E-state index is 13.4. The number of H-pyrrole nitrogens is 1. The molecule has 6 nitrogen and oxygen atoms in total. The van der Waals surface area contributed by atoms with Crippen molar-refractivity contribution in [2.45, 2.75) is 18.6 Å². The van der Waals surface area contributed by atoms with Gasteiger partial charge in [-0.15, -0.1) is 0 Å². The first-order valence-corrected chi connectivity index (χ1v) is 6.93. The third kappa shape index (κ3) is 3.48. The molecule has 1 amide bonds. The minimum atomic E-state index is -1.43. The first kappa shape index (κ1) is 18.8. The van der Waals surface area contributed by atoms with E-state index in [0.29, 0.717) is 10.9 Å². The minimum Gasteiger partial charge on any atom is -0.548 e. The Kier molecular flexibility index (Phi) is 5.88. The predicted molar refractivity (Wildman–Crippen MR) is 73.7 cm³/mol. The van der Waals surface area contributed by atoms with Crippen LogP contribution >= 0.6 is 11.6 Å². The van der Waals surface area contributed by atoms with Gasteiger partial charge >= 0.3 is 51.4 Å². The van der Waals surface area contributed by atoms with E-state index >= 15 is 0 Å². The first-order valence-electron chi connectivity index (χ1n) is 6.55. The molecule has 116 valence electrons. The van der Waals surface area contributed by atoms with Crippen LogP contribution in [-0.4, -0.2) is 45.6 Å². The number of nitrogens with zero attached hydrogens (tertiary/aromatic N) is 1. The molecule has 2 atom stereocenters. The summed E-state index contributed by atoms with van der Waals surface area (Å²) in [4.78, 5) is 27.3. The van der Waals surface area contributed by atoms with Crippen molar-refractivity contribution in [1.82, 2.24) is 9.88 Å². The van der Waals surface area contributed by atoms with Gasteiger partial charge in [-0.3, -0.25) is 4.79 Å². The molecule has 0 unspecified atom stereocenters. The molecule has 2 heterocycles. The largest absolute Gasteiger partial charge is 1.00 e. The van der Waals surface area contributed by atoms with Crippen molar-refractivity contribution < 1.29 is 75.6 Å². The Bertz CT molecular complexity index is 781. The molecule has 1 fully saturated rings. The van der Waals surface area contributed by atoms with E-state index in [-0.39, 0.29) is 75.1 Å². The van der Waals surface area contributed by atoms with Gasteiger partial charge in [0, 0.05) is 23.9 Å². The molecule has 1 aromatic heterocycles. The van der Waals surface area contributed by atoms with Crippen LogP contribution in [0.3, 0.4) is 0 Å². The van der Waals surface area contributed by atoms with Gasteiger partial charge in [-0.1, -0.05) is 11.6 Å².